The number of nitrogens with zero attached hydrogens (tertiary/aromatic N) is 3. The van der Waals surface area contributed by atoms with Crippen molar-refractivity contribution in [3.63, 3.8) is 0 Å². The van der Waals surface area contributed by atoms with Crippen LogP contribution < -0.4 is 10.6 Å². The zero-order valence-electron chi connectivity index (χ0n) is 17.3. The van der Waals surface area contributed by atoms with Crippen molar-refractivity contribution < 1.29 is 4.92 Å². The molecule has 0 amide bonds. The number of nitro groups is 1. The molecular formula is C22H30IN5O2. The first-order valence-electron chi connectivity index (χ1n) is 10.2. The van der Waals surface area contributed by atoms with Crippen molar-refractivity contribution in [3.8, 4) is 0 Å². The van der Waals surface area contributed by atoms with Crippen LogP contribution in [0.15, 0.2) is 59.6 Å². The molecule has 0 atom stereocenters. The highest BCUT2D eigenvalue weighted by molar-refractivity contribution is 14.0. The van der Waals surface area contributed by atoms with Gasteiger partial charge in [0.25, 0.3) is 5.69 Å². The summed E-state index contributed by atoms with van der Waals surface area (Å²) in [4.78, 5) is 17.9. The summed E-state index contributed by atoms with van der Waals surface area (Å²) in [5.74, 6) is 0.715. The molecule has 2 aromatic carbocycles. The summed E-state index contributed by atoms with van der Waals surface area (Å²) in [7, 11) is 0. The zero-order chi connectivity index (χ0) is 20.5. The average molecular weight is 523 g/mol. The average Bonchev–Trinajstić information content (AvgIpc) is 2.74. The third-order valence-electron chi connectivity index (χ3n) is 5.12. The van der Waals surface area contributed by atoms with Crippen molar-refractivity contribution in [2.75, 3.05) is 19.6 Å². The van der Waals surface area contributed by atoms with Crippen molar-refractivity contribution in [2.24, 2.45) is 4.99 Å². The molecule has 2 N–H and O–H groups in total. The Morgan fingerprint density at radius 3 is 2.47 bits per heavy atom. The number of hydrogen-bond acceptors (Lipinski definition) is 4. The Morgan fingerprint density at radius 1 is 1.13 bits per heavy atom. The molecule has 1 aliphatic heterocycles. The minimum atomic E-state index is -0.354. The van der Waals surface area contributed by atoms with Crippen LogP contribution in [-0.4, -0.2) is 41.5 Å². The van der Waals surface area contributed by atoms with E-state index in [4.69, 9.17) is 0 Å². The molecule has 1 heterocycles. The number of nitrogens with one attached hydrogen (secondary N) is 2. The summed E-state index contributed by atoms with van der Waals surface area (Å²) in [5, 5.41) is 17.9. The highest BCUT2D eigenvalue weighted by atomic mass is 127. The van der Waals surface area contributed by atoms with Crippen LogP contribution in [-0.2, 0) is 13.1 Å². The SMILES string of the molecule is CCNC(=NCc1ccccc1[N+](=O)[O-])NC1CCN(Cc2ccccc2)CC1.I. The van der Waals surface area contributed by atoms with Crippen molar-refractivity contribution in [3.05, 3.63) is 75.8 Å². The molecule has 0 aliphatic carbocycles. The van der Waals surface area contributed by atoms with Gasteiger partial charge in [-0.2, -0.15) is 0 Å². The minimum absolute atomic E-state index is 0. The van der Waals surface area contributed by atoms with Crippen molar-refractivity contribution in [1.82, 2.24) is 15.5 Å². The molecule has 30 heavy (non-hydrogen) atoms. The number of aliphatic imine (C=N–C) groups is 1. The molecule has 3 rings (SSSR count). The Bertz CT molecular complexity index is 823. The fraction of sp³-hybridized carbons (Fsp3) is 0.409. The van der Waals surface area contributed by atoms with Gasteiger partial charge in [0, 0.05) is 38.3 Å². The summed E-state index contributed by atoms with van der Waals surface area (Å²) in [6.07, 6.45) is 2.09. The molecule has 0 aromatic heterocycles. The monoisotopic (exact) mass is 523 g/mol. The molecule has 0 unspecified atom stereocenters. The van der Waals surface area contributed by atoms with E-state index in [9.17, 15) is 10.1 Å². The number of rotatable bonds is 7. The number of likely N-dealkylation sites (tertiary alicyclic amines) is 1. The Kier molecular flexibility index (Phi) is 10.0. The second-order valence-electron chi connectivity index (χ2n) is 7.26. The standard InChI is InChI=1S/C22H29N5O2.HI/c1-2-23-22(24-16-19-10-6-7-11-21(19)27(28)29)25-20-12-14-26(15-13-20)17-18-8-4-3-5-9-18;/h3-11,20H,2,12-17H2,1H3,(H2,23,24,25);1H. The van der Waals surface area contributed by atoms with Crippen LogP contribution in [0.3, 0.4) is 0 Å². The van der Waals surface area contributed by atoms with Gasteiger partial charge in [0.1, 0.15) is 0 Å². The van der Waals surface area contributed by atoms with E-state index >= 15 is 0 Å². The molecule has 1 saturated heterocycles. The third-order valence-corrected chi connectivity index (χ3v) is 5.12. The van der Waals surface area contributed by atoms with Gasteiger partial charge in [-0.3, -0.25) is 15.0 Å². The quantitative estimate of drug-likeness (QED) is 0.189. The second kappa shape index (κ2) is 12.5. The fourth-order valence-electron chi connectivity index (χ4n) is 3.58. The first kappa shape index (κ1) is 24.1. The number of piperidine rings is 1. The molecule has 1 aliphatic rings. The van der Waals surface area contributed by atoms with Crippen LogP contribution in [0.25, 0.3) is 0 Å². The predicted octanol–water partition coefficient (Wildman–Crippen LogP) is 3.93. The Balaban J connectivity index is 0.00000320. The molecule has 162 valence electrons. The molecule has 0 radical (unpaired) electrons. The lowest BCUT2D eigenvalue weighted by Crippen LogP contribution is -2.48. The maximum atomic E-state index is 11.2. The van der Waals surface area contributed by atoms with E-state index in [2.05, 4.69) is 44.8 Å². The number of hydrogen-bond donors (Lipinski definition) is 2. The maximum Gasteiger partial charge on any atom is 0.274 e. The van der Waals surface area contributed by atoms with E-state index in [1.54, 1.807) is 18.2 Å². The van der Waals surface area contributed by atoms with Crippen LogP contribution in [0.2, 0.25) is 0 Å². The predicted molar refractivity (Wildman–Crippen MR) is 131 cm³/mol. The zero-order valence-corrected chi connectivity index (χ0v) is 19.6. The number of benzene rings is 2. The highest BCUT2D eigenvalue weighted by Crippen LogP contribution is 2.18. The molecule has 1 fully saturated rings. The number of halogens is 1. The summed E-state index contributed by atoms with van der Waals surface area (Å²) < 4.78 is 0. The molecule has 7 nitrogen and oxygen atoms in total. The van der Waals surface area contributed by atoms with Gasteiger partial charge in [0.05, 0.1) is 17.0 Å². The number of nitro benzene ring substituents is 1. The van der Waals surface area contributed by atoms with Crippen LogP contribution in [0.1, 0.15) is 30.9 Å². The fourth-order valence-corrected chi connectivity index (χ4v) is 3.58. The molecule has 0 saturated carbocycles. The molecule has 2 aromatic rings. The normalized spacial score (nSPS) is 15.3. The van der Waals surface area contributed by atoms with E-state index < -0.39 is 0 Å². The molecule has 0 bridgehead atoms. The highest BCUT2D eigenvalue weighted by Gasteiger charge is 2.20. The smallest absolute Gasteiger partial charge is 0.274 e. The summed E-state index contributed by atoms with van der Waals surface area (Å²) in [6.45, 7) is 6.10. The van der Waals surface area contributed by atoms with Crippen molar-refractivity contribution in [2.45, 2.75) is 38.9 Å². The van der Waals surface area contributed by atoms with E-state index in [1.807, 2.05) is 13.0 Å². The topological polar surface area (TPSA) is 82.8 Å². The van der Waals surface area contributed by atoms with Crippen LogP contribution in [0.5, 0.6) is 0 Å². The Hall–Kier alpha value is -2.20. The first-order chi connectivity index (χ1) is 14.2. The van der Waals surface area contributed by atoms with Gasteiger partial charge >= 0.3 is 0 Å². The van der Waals surface area contributed by atoms with E-state index in [0.29, 0.717) is 17.6 Å². The molecular weight excluding hydrogens is 493 g/mol. The van der Waals surface area contributed by atoms with Gasteiger partial charge in [-0.05, 0) is 25.3 Å². The van der Waals surface area contributed by atoms with Gasteiger partial charge < -0.3 is 10.6 Å². The lowest BCUT2D eigenvalue weighted by molar-refractivity contribution is -0.385. The summed E-state index contributed by atoms with van der Waals surface area (Å²) >= 11 is 0. The lowest BCUT2D eigenvalue weighted by atomic mass is 10.0. The molecule has 0 spiro atoms. The number of guanidine groups is 1. The van der Waals surface area contributed by atoms with Gasteiger partial charge in [0.15, 0.2) is 5.96 Å². The Labute approximate surface area is 195 Å². The van der Waals surface area contributed by atoms with Crippen LogP contribution >= 0.6 is 24.0 Å². The van der Waals surface area contributed by atoms with Gasteiger partial charge in [-0.1, -0.05) is 48.5 Å². The minimum Gasteiger partial charge on any atom is -0.357 e. The number of para-hydroxylation sites is 1. The van der Waals surface area contributed by atoms with Gasteiger partial charge in [0.2, 0.25) is 0 Å². The van der Waals surface area contributed by atoms with Crippen molar-refractivity contribution >= 4 is 35.6 Å². The van der Waals surface area contributed by atoms with Gasteiger partial charge in [-0.25, -0.2) is 4.99 Å². The van der Waals surface area contributed by atoms with E-state index in [1.165, 1.54) is 11.6 Å². The third kappa shape index (κ3) is 7.24. The first-order valence-corrected chi connectivity index (χ1v) is 10.2. The largest absolute Gasteiger partial charge is 0.357 e. The Morgan fingerprint density at radius 2 is 1.80 bits per heavy atom. The van der Waals surface area contributed by atoms with Gasteiger partial charge in [-0.15, -0.1) is 24.0 Å². The lowest BCUT2D eigenvalue weighted by Gasteiger charge is -2.33. The van der Waals surface area contributed by atoms with E-state index in [0.717, 1.165) is 39.0 Å². The second-order valence-corrected chi connectivity index (χ2v) is 7.26. The summed E-state index contributed by atoms with van der Waals surface area (Å²) in [5.41, 5.74) is 2.08. The van der Waals surface area contributed by atoms with Crippen LogP contribution in [0.4, 0.5) is 5.69 Å². The van der Waals surface area contributed by atoms with E-state index in [-0.39, 0.29) is 41.1 Å². The molecule has 8 heteroatoms. The van der Waals surface area contributed by atoms with Crippen LogP contribution in [0, 0.1) is 10.1 Å². The maximum absolute atomic E-state index is 11.2. The summed E-state index contributed by atoms with van der Waals surface area (Å²) in [6, 6.07) is 17.7. The van der Waals surface area contributed by atoms with Crippen molar-refractivity contribution in [1.29, 1.82) is 0 Å².